The monoisotopic (exact) mass is 270 g/mol. The van der Waals surface area contributed by atoms with Gasteiger partial charge in [-0.1, -0.05) is 13.8 Å². The molecule has 0 aliphatic carbocycles. The van der Waals surface area contributed by atoms with E-state index in [0.29, 0.717) is 12.3 Å². The summed E-state index contributed by atoms with van der Waals surface area (Å²) in [5, 5.41) is 6.45. The van der Waals surface area contributed by atoms with Gasteiger partial charge in [0.25, 0.3) is 0 Å². The molecule has 1 saturated heterocycles. The number of amides is 1. The Hall–Kier alpha value is -0.610. The summed E-state index contributed by atoms with van der Waals surface area (Å²) in [6.45, 7) is 8.02. The highest BCUT2D eigenvalue weighted by Crippen LogP contribution is 2.19. The number of piperidine rings is 1. The Morgan fingerprint density at radius 3 is 2.89 bits per heavy atom. The highest BCUT2D eigenvalue weighted by molar-refractivity contribution is 5.75. The molecule has 0 aromatic carbocycles. The quantitative estimate of drug-likeness (QED) is 0.709. The van der Waals surface area contributed by atoms with Gasteiger partial charge in [-0.25, -0.2) is 0 Å². The molecule has 0 aromatic rings. The Morgan fingerprint density at radius 2 is 2.26 bits per heavy atom. The van der Waals surface area contributed by atoms with Gasteiger partial charge in [0.1, 0.15) is 0 Å². The lowest BCUT2D eigenvalue weighted by atomic mass is 9.89. The van der Waals surface area contributed by atoms with Gasteiger partial charge in [-0.2, -0.15) is 0 Å². The standard InChI is InChI=1S/C15H30N2O2/c1-15(2,8-10-19-3)12-17-14(18)7-6-13-5-4-9-16-11-13/h13,16H,4-12H2,1-3H3,(H,17,18). The van der Waals surface area contributed by atoms with Crippen molar-refractivity contribution in [2.45, 2.75) is 46.0 Å². The van der Waals surface area contributed by atoms with E-state index in [1.807, 2.05) is 0 Å². The normalized spacial score (nSPS) is 20.3. The molecule has 1 rings (SSSR count). The van der Waals surface area contributed by atoms with Crippen LogP contribution in [0, 0.1) is 11.3 Å². The van der Waals surface area contributed by atoms with Crippen molar-refractivity contribution in [2.24, 2.45) is 11.3 Å². The second kappa shape index (κ2) is 8.54. The Balaban J connectivity index is 2.12. The SMILES string of the molecule is COCCC(C)(C)CNC(=O)CCC1CCCNC1. The summed E-state index contributed by atoms with van der Waals surface area (Å²) in [6.07, 6.45) is 5.15. The highest BCUT2D eigenvalue weighted by atomic mass is 16.5. The lowest BCUT2D eigenvalue weighted by Gasteiger charge is -2.25. The van der Waals surface area contributed by atoms with E-state index in [0.717, 1.165) is 39.1 Å². The molecule has 0 saturated carbocycles. The first-order valence-corrected chi connectivity index (χ1v) is 7.50. The predicted molar refractivity (Wildman–Crippen MR) is 78.1 cm³/mol. The number of nitrogens with one attached hydrogen (secondary N) is 2. The zero-order chi connectivity index (χ0) is 14.1. The fraction of sp³-hybridized carbons (Fsp3) is 0.933. The van der Waals surface area contributed by atoms with Crippen LogP contribution in [0.3, 0.4) is 0 Å². The second-order valence-corrected chi connectivity index (χ2v) is 6.43. The molecule has 0 bridgehead atoms. The minimum absolute atomic E-state index is 0.109. The van der Waals surface area contributed by atoms with E-state index in [-0.39, 0.29) is 11.3 Å². The predicted octanol–water partition coefficient (Wildman–Crippen LogP) is 1.95. The summed E-state index contributed by atoms with van der Waals surface area (Å²) < 4.78 is 5.09. The van der Waals surface area contributed by atoms with Crippen LogP contribution >= 0.6 is 0 Å². The van der Waals surface area contributed by atoms with Crippen molar-refractivity contribution >= 4 is 5.91 Å². The highest BCUT2D eigenvalue weighted by Gasteiger charge is 2.19. The van der Waals surface area contributed by atoms with E-state index in [4.69, 9.17) is 4.74 Å². The Bertz CT molecular complexity index is 261. The third kappa shape index (κ3) is 7.53. The first-order chi connectivity index (χ1) is 9.03. The van der Waals surface area contributed by atoms with Gasteiger partial charge in [-0.15, -0.1) is 0 Å². The maximum absolute atomic E-state index is 11.8. The molecule has 4 nitrogen and oxygen atoms in total. The molecule has 0 radical (unpaired) electrons. The van der Waals surface area contributed by atoms with Crippen LogP contribution in [0.25, 0.3) is 0 Å². The number of ether oxygens (including phenoxy) is 1. The van der Waals surface area contributed by atoms with Crippen LogP contribution in [0.5, 0.6) is 0 Å². The van der Waals surface area contributed by atoms with E-state index >= 15 is 0 Å². The van der Waals surface area contributed by atoms with Crippen molar-refractivity contribution in [2.75, 3.05) is 33.4 Å². The molecule has 4 heteroatoms. The molecule has 1 atom stereocenters. The van der Waals surface area contributed by atoms with Crippen LogP contribution in [0.4, 0.5) is 0 Å². The maximum Gasteiger partial charge on any atom is 0.220 e. The molecule has 112 valence electrons. The van der Waals surface area contributed by atoms with Crippen molar-refractivity contribution in [1.82, 2.24) is 10.6 Å². The molecule has 1 aliphatic rings. The average Bonchev–Trinajstić information content (AvgIpc) is 2.42. The Labute approximate surface area is 117 Å². The van der Waals surface area contributed by atoms with Gasteiger partial charge in [-0.05, 0) is 50.1 Å². The number of rotatable bonds is 8. The zero-order valence-corrected chi connectivity index (χ0v) is 12.8. The molecule has 1 unspecified atom stereocenters. The molecule has 1 heterocycles. The van der Waals surface area contributed by atoms with Crippen LogP contribution < -0.4 is 10.6 Å². The third-order valence-electron chi connectivity index (χ3n) is 3.93. The zero-order valence-electron chi connectivity index (χ0n) is 12.8. The summed E-state index contributed by atoms with van der Waals surface area (Å²) in [4.78, 5) is 11.8. The van der Waals surface area contributed by atoms with Gasteiger partial charge in [-0.3, -0.25) is 4.79 Å². The van der Waals surface area contributed by atoms with E-state index < -0.39 is 0 Å². The lowest BCUT2D eigenvalue weighted by Crippen LogP contribution is -2.35. The summed E-state index contributed by atoms with van der Waals surface area (Å²) in [6, 6.07) is 0. The lowest BCUT2D eigenvalue weighted by molar-refractivity contribution is -0.121. The van der Waals surface area contributed by atoms with E-state index in [2.05, 4.69) is 24.5 Å². The molecule has 1 aliphatic heterocycles. The first-order valence-electron chi connectivity index (χ1n) is 7.50. The molecule has 0 spiro atoms. The number of carbonyl (C=O) groups is 1. The summed E-state index contributed by atoms with van der Waals surface area (Å²) in [7, 11) is 1.72. The summed E-state index contributed by atoms with van der Waals surface area (Å²) in [5.41, 5.74) is 0.109. The van der Waals surface area contributed by atoms with Crippen molar-refractivity contribution in [1.29, 1.82) is 0 Å². The van der Waals surface area contributed by atoms with Gasteiger partial charge in [0.2, 0.25) is 5.91 Å². The molecule has 1 amide bonds. The van der Waals surface area contributed by atoms with Crippen LogP contribution in [-0.4, -0.2) is 39.3 Å². The number of hydrogen-bond donors (Lipinski definition) is 2. The fourth-order valence-corrected chi connectivity index (χ4v) is 2.40. The average molecular weight is 270 g/mol. The van der Waals surface area contributed by atoms with Gasteiger partial charge in [0.05, 0.1) is 0 Å². The minimum atomic E-state index is 0.109. The van der Waals surface area contributed by atoms with Crippen LogP contribution in [0.2, 0.25) is 0 Å². The van der Waals surface area contributed by atoms with E-state index in [1.165, 1.54) is 12.8 Å². The van der Waals surface area contributed by atoms with Crippen LogP contribution in [-0.2, 0) is 9.53 Å². The molecule has 2 N–H and O–H groups in total. The van der Waals surface area contributed by atoms with Gasteiger partial charge >= 0.3 is 0 Å². The van der Waals surface area contributed by atoms with E-state index in [1.54, 1.807) is 7.11 Å². The molecular formula is C15H30N2O2. The second-order valence-electron chi connectivity index (χ2n) is 6.43. The van der Waals surface area contributed by atoms with Crippen LogP contribution in [0.1, 0.15) is 46.0 Å². The summed E-state index contributed by atoms with van der Waals surface area (Å²) in [5.74, 6) is 0.872. The molecule has 1 fully saturated rings. The van der Waals surface area contributed by atoms with Gasteiger partial charge in [0, 0.05) is 26.7 Å². The Morgan fingerprint density at radius 1 is 1.47 bits per heavy atom. The van der Waals surface area contributed by atoms with Crippen molar-refractivity contribution in [3.8, 4) is 0 Å². The van der Waals surface area contributed by atoms with Crippen LogP contribution in [0.15, 0.2) is 0 Å². The largest absolute Gasteiger partial charge is 0.385 e. The first kappa shape index (κ1) is 16.4. The van der Waals surface area contributed by atoms with Crippen molar-refractivity contribution in [3.63, 3.8) is 0 Å². The van der Waals surface area contributed by atoms with Gasteiger partial charge in [0.15, 0.2) is 0 Å². The maximum atomic E-state index is 11.8. The molecule has 19 heavy (non-hydrogen) atoms. The van der Waals surface area contributed by atoms with Crippen molar-refractivity contribution in [3.05, 3.63) is 0 Å². The summed E-state index contributed by atoms with van der Waals surface area (Å²) >= 11 is 0. The number of methoxy groups -OCH3 is 1. The minimum Gasteiger partial charge on any atom is -0.385 e. The fourth-order valence-electron chi connectivity index (χ4n) is 2.40. The van der Waals surface area contributed by atoms with E-state index in [9.17, 15) is 4.79 Å². The molecular weight excluding hydrogens is 240 g/mol. The number of carbonyl (C=O) groups excluding carboxylic acids is 1. The Kier molecular flexibility index (Phi) is 7.39. The third-order valence-corrected chi connectivity index (χ3v) is 3.93. The number of hydrogen-bond acceptors (Lipinski definition) is 3. The topological polar surface area (TPSA) is 50.4 Å². The van der Waals surface area contributed by atoms with Crippen molar-refractivity contribution < 1.29 is 9.53 Å². The smallest absolute Gasteiger partial charge is 0.220 e. The van der Waals surface area contributed by atoms with Gasteiger partial charge < -0.3 is 15.4 Å². The molecule has 0 aromatic heterocycles.